The van der Waals surface area contributed by atoms with Crippen molar-refractivity contribution in [3.05, 3.63) is 30.0 Å². The van der Waals surface area contributed by atoms with Crippen LogP contribution in [0.3, 0.4) is 0 Å². The van der Waals surface area contributed by atoms with Crippen LogP contribution in [0.25, 0.3) is 10.9 Å². The predicted octanol–water partition coefficient (Wildman–Crippen LogP) is 2.69. The Labute approximate surface area is 102 Å². The number of hydrogen-bond acceptors (Lipinski definition) is 2. The highest BCUT2D eigenvalue weighted by molar-refractivity contribution is 5.85. The molecule has 0 aliphatic carbocycles. The average molecular weight is 232 g/mol. The molecule has 0 atom stereocenters. The van der Waals surface area contributed by atoms with Gasteiger partial charge in [0, 0.05) is 23.7 Å². The summed E-state index contributed by atoms with van der Waals surface area (Å²) in [5.74, 6) is 0.331. The van der Waals surface area contributed by atoms with Crippen molar-refractivity contribution in [3.8, 4) is 5.75 Å². The topological polar surface area (TPSA) is 37.2 Å². The van der Waals surface area contributed by atoms with Gasteiger partial charge < -0.3 is 15.0 Å². The van der Waals surface area contributed by atoms with Crippen LogP contribution in [0.15, 0.2) is 24.4 Å². The number of fused-ring (bicyclic) bond motifs is 1. The number of aromatic hydroxyl groups is 1. The molecule has 92 valence electrons. The standard InChI is InChI=1S/C14H20N2O/c1-10(2)16-9-11(6-7-15-3)13-5-4-12(17)8-14(13)16/h4-5,8-10,15,17H,6-7H2,1-3H3. The number of rotatable bonds is 4. The van der Waals surface area contributed by atoms with Gasteiger partial charge in [0.2, 0.25) is 0 Å². The molecule has 2 aromatic rings. The van der Waals surface area contributed by atoms with Crippen LogP contribution in [0.4, 0.5) is 0 Å². The molecule has 0 bridgehead atoms. The minimum absolute atomic E-state index is 0.331. The van der Waals surface area contributed by atoms with Gasteiger partial charge in [-0.15, -0.1) is 0 Å². The summed E-state index contributed by atoms with van der Waals surface area (Å²) in [5, 5.41) is 14.0. The fraction of sp³-hybridized carbons (Fsp3) is 0.429. The molecular formula is C14H20N2O. The first-order valence-electron chi connectivity index (χ1n) is 6.10. The zero-order valence-corrected chi connectivity index (χ0v) is 10.7. The lowest BCUT2D eigenvalue weighted by molar-refractivity contribution is 0.475. The van der Waals surface area contributed by atoms with Crippen molar-refractivity contribution in [2.75, 3.05) is 13.6 Å². The van der Waals surface area contributed by atoms with Crippen molar-refractivity contribution in [1.29, 1.82) is 0 Å². The smallest absolute Gasteiger partial charge is 0.117 e. The molecule has 0 aliphatic heterocycles. The van der Waals surface area contributed by atoms with Crippen LogP contribution >= 0.6 is 0 Å². The van der Waals surface area contributed by atoms with E-state index in [0.717, 1.165) is 18.5 Å². The second-order valence-electron chi connectivity index (χ2n) is 4.71. The number of hydrogen-bond donors (Lipinski definition) is 2. The largest absolute Gasteiger partial charge is 0.508 e. The SMILES string of the molecule is CNCCc1cn(C(C)C)c2cc(O)ccc12. The number of nitrogens with zero attached hydrogens (tertiary/aromatic N) is 1. The molecule has 3 nitrogen and oxygen atoms in total. The molecule has 1 aromatic carbocycles. The van der Waals surface area contributed by atoms with E-state index in [0.29, 0.717) is 11.8 Å². The van der Waals surface area contributed by atoms with Gasteiger partial charge in [-0.05, 0) is 51.6 Å². The third kappa shape index (κ3) is 2.29. The Morgan fingerprint density at radius 2 is 2.12 bits per heavy atom. The molecule has 0 saturated carbocycles. The van der Waals surface area contributed by atoms with Gasteiger partial charge in [-0.25, -0.2) is 0 Å². The molecule has 3 heteroatoms. The number of phenols is 1. The summed E-state index contributed by atoms with van der Waals surface area (Å²) in [4.78, 5) is 0. The highest BCUT2D eigenvalue weighted by Gasteiger charge is 2.10. The summed E-state index contributed by atoms with van der Waals surface area (Å²) in [5.41, 5.74) is 2.45. The van der Waals surface area contributed by atoms with Crippen LogP contribution in [0.1, 0.15) is 25.5 Å². The van der Waals surface area contributed by atoms with E-state index < -0.39 is 0 Å². The molecule has 0 radical (unpaired) electrons. The highest BCUT2D eigenvalue weighted by Crippen LogP contribution is 2.28. The maximum Gasteiger partial charge on any atom is 0.117 e. The first-order chi connectivity index (χ1) is 8.13. The van der Waals surface area contributed by atoms with Crippen molar-refractivity contribution in [2.24, 2.45) is 0 Å². The summed E-state index contributed by atoms with van der Waals surface area (Å²) in [6, 6.07) is 6.02. The van der Waals surface area contributed by atoms with Crippen LogP contribution in [0.5, 0.6) is 5.75 Å². The first-order valence-corrected chi connectivity index (χ1v) is 6.10. The number of benzene rings is 1. The maximum absolute atomic E-state index is 9.60. The van der Waals surface area contributed by atoms with Crippen molar-refractivity contribution in [1.82, 2.24) is 9.88 Å². The Morgan fingerprint density at radius 3 is 2.76 bits per heavy atom. The van der Waals surface area contributed by atoms with E-state index in [4.69, 9.17) is 0 Å². The summed E-state index contributed by atoms with van der Waals surface area (Å²) in [6.07, 6.45) is 3.21. The van der Waals surface area contributed by atoms with Gasteiger partial charge in [-0.1, -0.05) is 0 Å². The summed E-state index contributed by atoms with van der Waals surface area (Å²) in [6.45, 7) is 5.29. The Kier molecular flexibility index (Phi) is 3.38. The van der Waals surface area contributed by atoms with Gasteiger partial charge in [0.05, 0.1) is 5.52 Å². The minimum atomic E-state index is 0.331. The minimum Gasteiger partial charge on any atom is -0.508 e. The fourth-order valence-corrected chi connectivity index (χ4v) is 2.20. The van der Waals surface area contributed by atoms with Gasteiger partial charge in [-0.3, -0.25) is 0 Å². The molecule has 1 aromatic heterocycles. The quantitative estimate of drug-likeness (QED) is 0.850. The van der Waals surface area contributed by atoms with Gasteiger partial charge in [0.1, 0.15) is 5.75 Å². The molecule has 0 amide bonds. The molecule has 0 aliphatic rings. The van der Waals surface area contributed by atoms with Gasteiger partial charge in [-0.2, -0.15) is 0 Å². The second kappa shape index (κ2) is 4.80. The lowest BCUT2D eigenvalue weighted by Crippen LogP contribution is -2.10. The van der Waals surface area contributed by atoms with Crippen LogP contribution < -0.4 is 5.32 Å². The Bertz CT molecular complexity index is 514. The van der Waals surface area contributed by atoms with Crippen LogP contribution in [0, 0.1) is 0 Å². The van der Waals surface area contributed by atoms with E-state index in [1.54, 1.807) is 6.07 Å². The van der Waals surface area contributed by atoms with E-state index >= 15 is 0 Å². The van der Waals surface area contributed by atoms with Crippen LogP contribution in [-0.2, 0) is 6.42 Å². The molecule has 2 N–H and O–H groups in total. The van der Waals surface area contributed by atoms with Crippen molar-refractivity contribution in [3.63, 3.8) is 0 Å². The monoisotopic (exact) mass is 232 g/mol. The highest BCUT2D eigenvalue weighted by atomic mass is 16.3. The van der Waals surface area contributed by atoms with Gasteiger partial charge >= 0.3 is 0 Å². The van der Waals surface area contributed by atoms with Crippen LogP contribution in [-0.4, -0.2) is 23.3 Å². The van der Waals surface area contributed by atoms with Gasteiger partial charge in [0.15, 0.2) is 0 Å². The summed E-state index contributed by atoms with van der Waals surface area (Å²) >= 11 is 0. The number of nitrogens with one attached hydrogen (secondary N) is 1. The number of phenolic OH excluding ortho intramolecular Hbond substituents is 1. The average Bonchev–Trinajstić information content (AvgIpc) is 2.64. The third-order valence-corrected chi connectivity index (χ3v) is 3.10. The van der Waals surface area contributed by atoms with E-state index in [2.05, 4.69) is 29.9 Å². The zero-order chi connectivity index (χ0) is 12.4. The zero-order valence-electron chi connectivity index (χ0n) is 10.7. The number of aromatic nitrogens is 1. The van der Waals surface area contributed by atoms with Crippen molar-refractivity contribution in [2.45, 2.75) is 26.3 Å². The summed E-state index contributed by atoms with van der Waals surface area (Å²) < 4.78 is 2.22. The lowest BCUT2D eigenvalue weighted by atomic mass is 10.1. The maximum atomic E-state index is 9.60. The van der Waals surface area contributed by atoms with Crippen LogP contribution in [0.2, 0.25) is 0 Å². The van der Waals surface area contributed by atoms with E-state index in [-0.39, 0.29) is 0 Å². The molecule has 0 spiro atoms. The third-order valence-electron chi connectivity index (χ3n) is 3.10. The Balaban J connectivity index is 2.54. The first kappa shape index (κ1) is 12.0. The molecule has 0 fully saturated rings. The molecule has 0 saturated heterocycles. The molecule has 0 unspecified atom stereocenters. The van der Waals surface area contributed by atoms with E-state index in [9.17, 15) is 5.11 Å². The predicted molar refractivity (Wildman–Crippen MR) is 71.6 cm³/mol. The molecule has 2 rings (SSSR count). The Morgan fingerprint density at radius 1 is 1.35 bits per heavy atom. The normalized spacial score (nSPS) is 11.5. The Hall–Kier alpha value is -1.48. The summed E-state index contributed by atoms with van der Waals surface area (Å²) in [7, 11) is 1.97. The second-order valence-corrected chi connectivity index (χ2v) is 4.71. The molecular weight excluding hydrogens is 212 g/mol. The number of likely N-dealkylation sites (N-methyl/N-ethyl adjacent to an activating group) is 1. The molecule has 17 heavy (non-hydrogen) atoms. The van der Waals surface area contributed by atoms with Gasteiger partial charge in [0.25, 0.3) is 0 Å². The fourth-order valence-electron chi connectivity index (χ4n) is 2.20. The van der Waals surface area contributed by atoms with E-state index in [1.165, 1.54) is 10.9 Å². The molecule has 1 heterocycles. The lowest BCUT2D eigenvalue weighted by Gasteiger charge is -2.08. The van der Waals surface area contributed by atoms with E-state index in [1.807, 2.05) is 19.2 Å². The van der Waals surface area contributed by atoms with Crippen molar-refractivity contribution >= 4 is 10.9 Å². The van der Waals surface area contributed by atoms with Crippen molar-refractivity contribution < 1.29 is 5.11 Å².